The average Bonchev–Trinajstić information content (AvgIpc) is 2.43. The summed E-state index contributed by atoms with van der Waals surface area (Å²) in [4.78, 5) is 0. The number of nitrogens with one attached hydrogen (secondary N) is 1. The lowest BCUT2D eigenvalue weighted by Gasteiger charge is -2.30. The SMILES string of the molecule is CC(CO)(Nc1ccc(Cl)c(Br)c1)c1cccc(F)c1. The highest BCUT2D eigenvalue weighted by Crippen LogP contribution is 2.30. The van der Waals surface area contributed by atoms with E-state index in [1.807, 2.05) is 13.0 Å². The molecule has 0 fully saturated rings. The molecule has 0 aromatic heterocycles. The monoisotopic (exact) mass is 357 g/mol. The van der Waals surface area contributed by atoms with Crippen molar-refractivity contribution >= 4 is 33.2 Å². The Balaban J connectivity index is 2.33. The summed E-state index contributed by atoms with van der Waals surface area (Å²) >= 11 is 9.30. The van der Waals surface area contributed by atoms with E-state index in [1.165, 1.54) is 12.1 Å². The normalized spacial score (nSPS) is 13.8. The van der Waals surface area contributed by atoms with E-state index < -0.39 is 5.54 Å². The van der Waals surface area contributed by atoms with Crippen LogP contribution >= 0.6 is 27.5 Å². The quantitative estimate of drug-likeness (QED) is 0.839. The molecule has 0 spiro atoms. The van der Waals surface area contributed by atoms with Crippen LogP contribution in [-0.4, -0.2) is 11.7 Å². The Kier molecular flexibility index (Phi) is 4.68. The van der Waals surface area contributed by atoms with E-state index in [0.717, 1.165) is 10.2 Å². The lowest BCUT2D eigenvalue weighted by molar-refractivity contribution is 0.224. The standard InChI is InChI=1S/C15H14BrClFNO/c1-15(9-20,10-3-2-4-11(18)7-10)19-12-5-6-14(17)13(16)8-12/h2-8,19-20H,9H2,1H3. The summed E-state index contributed by atoms with van der Waals surface area (Å²) in [6.07, 6.45) is 0. The summed E-state index contributed by atoms with van der Waals surface area (Å²) in [6.45, 7) is 1.64. The summed E-state index contributed by atoms with van der Waals surface area (Å²) in [5, 5.41) is 13.5. The molecule has 0 saturated heterocycles. The number of halogens is 3. The van der Waals surface area contributed by atoms with Crippen LogP contribution in [0.25, 0.3) is 0 Å². The second kappa shape index (κ2) is 6.12. The molecule has 2 aromatic carbocycles. The molecule has 2 rings (SSSR count). The van der Waals surface area contributed by atoms with Crippen molar-refractivity contribution in [3.05, 3.63) is 63.3 Å². The summed E-state index contributed by atoms with van der Waals surface area (Å²) in [6, 6.07) is 11.6. The predicted molar refractivity (Wildman–Crippen MR) is 83.6 cm³/mol. The topological polar surface area (TPSA) is 32.3 Å². The Morgan fingerprint density at radius 1 is 1.30 bits per heavy atom. The number of aliphatic hydroxyl groups excluding tert-OH is 1. The largest absolute Gasteiger partial charge is 0.394 e. The van der Waals surface area contributed by atoms with Gasteiger partial charge in [-0.05, 0) is 58.7 Å². The highest BCUT2D eigenvalue weighted by molar-refractivity contribution is 9.10. The van der Waals surface area contributed by atoms with Crippen LogP contribution in [-0.2, 0) is 5.54 Å². The zero-order valence-electron chi connectivity index (χ0n) is 10.8. The van der Waals surface area contributed by atoms with Crippen molar-refractivity contribution < 1.29 is 9.50 Å². The minimum atomic E-state index is -0.782. The first-order valence-corrected chi connectivity index (χ1v) is 7.22. The molecular weight excluding hydrogens is 345 g/mol. The molecule has 0 aliphatic heterocycles. The van der Waals surface area contributed by atoms with Gasteiger partial charge in [0.2, 0.25) is 0 Å². The van der Waals surface area contributed by atoms with Gasteiger partial charge in [-0.3, -0.25) is 0 Å². The Bertz CT molecular complexity index is 623. The van der Waals surface area contributed by atoms with Crippen LogP contribution in [0.3, 0.4) is 0 Å². The molecule has 2 aromatic rings. The molecule has 1 atom stereocenters. The first-order valence-electron chi connectivity index (χ1n) is 6.05. The summed E-state index contributed by atoms with van der Waals surface area (Å²) < 4.78 is 14.1. The maximum absolute atomic E-state index is 13.4. The minimum absolute atomic E-state index is 0.170. The molecule has 0 radical (unpaired) electrons. The maximum atomic E-state index is 13.4. The molecule has 2 nitrogen and oxygen atoms in total. The van der Waals surface area contributed by atoms with Crippen molar-refractivity contribution in [2.45, 2.75) is 12.5 Å². The van der Waals surface area contributed by atoms with Gasteiger partial charge >= 0.3 is 0 Å². The number of benzene rings is 2. The Hall–Kier alpha value is -1.10. The van der Waals surface area contributed by atoms with Crippen molar-refractivity contribution in [3.8, 4) is 0 Å². The molecule has 5 heteroatoms. The highest BCUT2D eigenvalue weighted by atomic mass is 79.9. The van der Waals surface area contributed by atoms with Gasteiger partial charge in [0.1, 0.15) is 5.82 Å². The Morgan fingerprint density at radius 3 is 2.65 bits per heavy atom. The zero-order valence-corrected chi connectivity index (χ0v) is 13.2. The van der Waals surface area contributed by atoms with Crippen molar-refractivity contribution in [3.63, 3.8) is 0 Å². The van der Waals surface area contributed by atoms with Gasteiger partial charge in [-0.1, -0.05) is 23.7 Å². The number of hydrogen-bond acceptors (Lipinski definition) is 2. The smallest absolute Gasteiger partial charge is 0.123 e. The van der Waals surface area contributed by atoms with Crippen LogP contribution in [0.4, 0.5) is 10.1 Å². The first-order chi connectivity index (χ1) is 9.44. The number of rotatable bonds is 4. The molecule has 0 saturated carbocycles. The van der Waals surface area contributed by atoms with Crippen LogP contribution in [0.1, 0.15) is 12.5 Å². The second-order valence-electron chi connectivity index (χ2n) is 4.75. The first kappa shape index (κ1) is 15.3. The Morgan fingerprint density at radius 2 is 2.05 bits per heavy atom. The number of anilines is 1. The van der Waals surface area contributed by atoms with E-state index in [2.05, 4.69) is 21.2 Å². The molecule has 0 bridgehead atoms. The van der Waals surface area contributed by atoms with Crippen molar-refractivity contribution in [1.82, 2.24) is 0 Å². The third-order valence-corrected chi connectivity index (χ3v) is 4.33. The lowest BCUT2D eigenvalue weighted by Crippen LogP contribution is -2.35. The summed E-state index contributed by atoms with van der Waals surface area (Å²) in [5.74, 6) is -0.332. The molecular formula is C15H14BrClFNO. The molecule has 0 heterocycles. The van der Waals surface area contributed by atoms with Gasteiger partial charge in [0, 0.05) is 10.2 Å². The van der Waals surface area contributed by atoms with Crippen LogP contribution in [0.5, 0.6) is 0 Å². The van der Waals surface area contributed by atoms with Gasteiger partial charge in [-0.25, -0.2) is 4.39 Å². The molecule has 2 N–H and O–H groups in total. The highest BCUT2D eigenvalue weighted by Gasteiger charge is 2.26. The van der Waals surface area contributed by atoms with Gasteiger partial charge in [-0.2, -0.15) is 0 Å². The van der Waals surface area contributed by atoms with Gasteiger partial charge in [-0.15, -0.1) is 0 Å². The molecule has 0 amide bonds. The molecule has 0 aliphatic rings. The third-order valence-electron chi connectivity index (χ3n) is 3.12. The Labute approximate surface area is 130 Å². The van der Waals surface area contributed by atoms with Crippen molar-refractivity contribution in [2.75, 3.05) is 11.9 Å². The van der Waals surface area contributed by atoms with E-state index >= 15 is 0 Å². The van der Waals surface area contributed by atoms with E-state index in [-0.39, 0.29) is 12.4 Å². The van der Waals surface area contributed by atoms with Crippen LogP contribution in [0, 0.1) is 5.82 Å². The van der Waals surface area contributed by atoms with Crippen LogP contribution < -0.4 is 5.32 Å². The fraction of sp³-hybridized carbons (Fsp3) is 0.200. The number of hydrogen-bond donors (Lipinski definition) is 2. The fourth-order valence-corrected chi connectivity index (χ4v) is 2.42. The van der Waals surface area contributed by atoms with Gasteiger partial charge in [0.05, 0.1) is 17.2 Å². The summed E-state index contributed by atoms with van der Waals surface area (Å²) in [7, 11) is 0. The van der Waals surface area contributed by atoms with E-state index in [4.69, 9.17) is 11.6 Å². The molecule has 0 aliphatic carbocycles. The third kappa shape index (κ3) is 3.32. The molecule has 20 heavy (non-hydrogen) atoms. The fourth-order valence-electron chi connectivity index (χ4n) is 1.93. The van der Waals surface area contributed by atoms with Gasteiger partial charge in [0.15, 0.2) is 0 Å². The lowest BCUT2D eigenvalue weighted by atomic mass is 9.92. The maximum Gasteiger partial charge on any atom is 0.123 e. The summed E-state index contributed by atoms with van der Waals surface area (Å²) in [5.41, 5.74) is 0.670. The van der Waals surface area contributed by atoms with Crippen LogP contribution in [0.2, 0.25) is 5.02 Å². The van der Waals surface area contributed by atoms with Crippen molar-refractivity contribution in [1.29, 1.82) is 0 Å². The number of aliphatic hydroxyl groups is 1. The second-order valence-corrected chi connectivity index (χ2v) is 6.02. The van der Waals surface area contributed by atoms with E-state index in [1.54, 1.807) is 24.3 Å². The van der Waals surface area contributed by atoms with Crippen molar-refractivity contribution in [2.24, 2.45) is 0 Å². The van der Waals surface area contributed by atoms with Gasteiger partial charge in [0.25, 0.3) is 0 Å². The zero-order chi connectivity index (χ0) is 14.8. The average molecular weight is 359 g/mol. The van der Waals surface area contributed by atoms with E-state index in [9.17, 15) is 9.50 Å². The molecule has 106 valence electrons. The predicted octanol–water partition coefficient (Wildman–Crippen LogP) is 4.56. The van der Waals surface area contributed by atoms with Crippen LogP contribution in [0.15, 0.2) is 46.9 Å². The van der Waals surface area contributed by atoms with E-state index in [0.29, 0.717) is 10.6 Å². The molecule has 1 unspecified atom stereocenters. The van der Waals surface area contributed by atoms with Gasteiger partial charge < -0.3 is 10.4 Å². The minimum Gasteiger partial charge on any atom is -0.394 e.